The maximum Gasteiger partial charge on any atom is 0.0917 e. The zero-order valence-electron chi connectivity index (χ0n) is 14.5. The number of rotatable bonds is 9. The predicted molar refractivity (Wildman–Crippen MR) is 91.6 cm³/mol. The van der Waals surface area contributed by atoms with Crippen molar-refractivity contribution in [2.45, 2.75) is 78.5 Å². The topological polar surface area (TPSA) is 23.5 Å². The highest BCUT2D eigenvalue weighted by Crippen LogP contribution is 2.19. The maximum absolute atomic E-state index is 10.5. The Bertz CT molecular complexity index is 375. The molecule has 0 aliphatic heterocycles. The third-order valence-electron chi connectivity index (χ3n) is 4.14. The molecule has 2 nitrogen and oxygen atoms in total. The lowest BCUT2D eigenvalue weighted by Gasteiger charge is -2.32. The van der Waals surface area contributed by atoms with Crippen LogP contribution in [-0.4, -0.2) is 28.6 Å². The first-order valence-corrected chi connectivity index (χ1v) is 8.48. The SMILES string of the molecule is CCCCCc1ccc(C(O)CN(C(C)C)C(C)C)cc1. The molecule has 21 heavy (non-hydrogen) atoms. The van der Waals surface area contributed by atoms with Crippen molar-refractivity contribution >= 4 is 0 Å². The molecular weight excluding hydrogens is 258 g/mol. The number of hydrogen-bond acceptors (Lipinski definition) is 2. The molecule has 0 aromatic heterocycles. The molecule has 0 heterocycles. The van der Waals surface area contributed by atoms with Crippen LogP contribution >= 0.6 is 0 Å². The Morgan fingerprint density at radius 3 is 2.00 bits per heavy atom. The van der Waals surface area contributed by atoms with E-state index in [9.17, 15) is 5.11 Å². The van der Waals surface area contributed by atoms with Gasteiger partial charge < -0.3 is 5.11 Å². The quantitative estimate of drug-likeness (QED) is 0.674. The molecule has 2 heteroatoms. The molecule has 0 aliphatic rings. The first kappa shape index (κ1) is 18.2. The lowest BCUT2D eigenvalue weighted by Crippen LogP contribution is -2.39. The molecule has 0 radical (unpaired) electrons. The summed E-state index contributed by atoms with van der Waals surface area (Å²) >= 11 is 0. The molecule has 0 fully saturated rings. The van der Waals surface area contributed by atoms with Gasteiger partial charge in [-0.3, -0.25) is 4.90 Å². The van der Waals surface area contributed by atoms with E-state index >= 15 is 0 Å². The van der Waals surface area contributed by atoms with Gasteiger partial charge in [0.05, 0.1) is 6.10 Å². The number of hydrogen-bond donors (Lipinski definition) is 1. The molecule has 0 spiro atoms. The van der Waals surface area contributed by atoms with Crippen LogP contribution in [0.2, 0.25) is 0 Å². The highest BCUT2D eigenvalue weighted by Gasteiger charge is 2.18. The van der Waals surface area contributed by atoms with E-state index in [1.54, 1.807) is 0 Å². The minimum absolute atomic E-state index is 0.403. The average molecular weight is 291 g/mol. The minimum atomic E-state index is -0.403. The third-order valence-corrected chi connectivity index (χ3v) is 4.14. The second-order valence-electron chi connectivity index (χ2n) is 6.60. The van der Waals surface area contributed by atoms with Crippen LogP contribution in [0, 0.1) is 0 Å². The van der Waals surface area contributed by atoms with Crippen molar-refractivity contribution in [2.24, 2.45) is 0 Å². The smallest absolute Gasteiger partial charge is 0.0917 e. The number of aryl methyl sites for hydroxylation is 1. The fourth-order valence-corrected chi connectivity index (χ4v) is 2.81. The van der Waals surface area contributed by atoms with Gasteiger partial charge in [-0.2, -0.15) is 0 Å². The highest BCUT2D eigenvalue weighted by atomic mass is 16.3. The first-order chi connectivity index (χ1) is 9.95. The number of aliphatic hydroxyl groups excluding tert-OH is 1. The summed E-state index contributed by atoms with van der Waals surface area (Å²) in [6.45, 7) is 11.7. The van der Waals surface area contributed by atoms with Gasteiger partial charge in [-0.05, 0) is 51.7 Å². The summed E-state index contributed by atoms with van der Waals surface area (Å²) in [5.74, 6) is 0. The van der Waals surface area contributed by atoms with E-state index < -0.39 is 6.10 Å². The van der Waals surface area contributed by atoms with Crippen LogP contribution in [-0.2, 0) is 6.42 Å². The first-order valence-electron chi connectivity index (χ1n) is 8.48. The number of unbranched alkanes of at least 4 members (excludes halogenated alkanes) is 2. The molecule has 0 aliphatic carbocycles. The van der Waals surface area contributed by atoms with Crippen LogP contribution in [0.5, 0.6) is 0 Å². The molecule has 1 rings (SSSR count). The van der Waals surface area contributed by atoms with Crippen molar-refractivity contribution in [1.29, 1.82) is 0 Å². The van der Waals surface area contributed by atoms with Crippen molar-refractivity contribution in [1.82, 2.24) is 4.90 Å². The van der Waals surface area contributed by atoms with E-state index in [1.807, 2.05) is 0 Å². The Kier molecular flexibility index (Phi) is 7.98. The summed E-state index contributed by atoms with van der Waals surface area (Å²) in [6, 6.07) is 9.42. The molecule has 1 aromatic carbocycles. The van der Waals surface area contributed by atoms with Gasteiger partial charge in [-0.25, -0.2) is 0 Å². The number of benzene rings is 1. The van der Waals surface area contributed by atoms with Crippen molar-refractivity contribution < 1.29 is 5.11 Å². The Hall–Kier alpha value is -0.860. The third kappa shape index (κ3) is 6.19. The summed E-state index contributed by atoms with van der Waals surface area (Å²) in [5, 5.41) is 10.5. The van der Waals surface area contributed by atoms with Gasteiger partial charge >= 0.3 is 0 Å². The normalized spacial score (nSPS) is 13.4. The van der Waals surface area contributed by atoms with E-state index in [0.29, 0.717) is 18.6 Å². The molecular formula is C19H33NO. The van der Waals surface area contributed by atoms with Gasteiger partial charge in [0.2, 0.25) is 0 Å². The fraction of sp³-hybridized carbons (Fsp3) is 0.684. The van der Waals surface area contributed by atoms with E-state index in [1.165, 1.54) is 24.8 Å². The Labute approximate surface area is 131 Å². The van der Waals surface area contributed by atoms with Gasteiger partial charge in [0.15, 0.2) is 0 Å². The second kappa shape index (κ2) is 9.22. The van der Waals surface area contributed by atoms with Crippen LogP contribution < -0.4 is 0 Å². The standard InChI is InChI=1S/C19H33NO/c1-6-7-8-9-17-10-12-18(13-11-17)19(21)14-20(15(2)3)16(4)5/h10-13,15-16,19,21H,6-9,14H2,1-5H3. The number of nitrogens with zero attached hydrogens (tertiary/aromatic N) is 1. The van der Waals surface area contributed by atoms with Gasteiger partial charge in [-0.15, -0.1) is 0 Å². The largest absolute Gasteiger partial charge is 0.387 e. The summed E-state index contributed by atoms with van der Waals surface area (Å²) in [4.78, 5) is 2.33. The zero-order chi connectivity index (χ0) is 15.8. The van der Waals surface area contributed by atoms with Crippen LogP contribution in [0.25, 0.3) is 0 Å². The Morgan fingerprint density at radius 1 is 0.952 bits per heavy atom. The van der Waals surface area contributed by atoms with Crippen LogP contribution in [0.4, 0.5) is 0 Å². The van der Waals surface area contributed by atoms with E-state index in [-0.39, 0.29) is 0 Å². The maximum atomic E-state index is 10.5. The van der Waals surface area contributed by atoms with Crippen molar-refractivity contribution in [2.75, 3.05) is 6.54 Å². The van der Waals surface area contributed by atoms with E-state index in [2.05, 4.69) is 63.8 Å². The zero-order valence-corrected chi connectivity index (χ0v) is 14.5. The summed E-state index contributed by atoms with van der Waals surface area (Å²) in [7, 11) is 0. The van der Waals surface area contributed by atoms with Gasteiger partial charge in [0.1, 0.15) is 0 Å². The lowest BCUT2D eigenvalue weighted by molar-refractivity contribution is 0.0756. The van der Waals surface area contributed by atoms with E-state index in [0.717, 1.165) is 12.0 Å². The van der Waals surface area contributed by atoms with Crippen molar-refractivity contribution in [3.8, 4) is 0 Å². The summed E-state index contributed by atoms with van der Waals surface area (Å²) in [5.41, 5.74) is 2.41. The second-order valence-corrected chi connectivity index (χ2v) is 6.60. The lowest BCUT2D eigenvalue weighted by atomic mass is 10.0. The summed E-state index contributed by atoms with van der Waals surface area (Å²) in [6.07, 6.45) is 4.56. The van der Waals surface area contributed by atoms with Gasteiger partial charge in [-0.1, -0.05) is 44.0 Å². The van der Waals surface area contributed by atoms with Gasteiger partial charge in [0.25, 0.3) is 0 Å². The fourth-order valence-electron chi connectivity index (χ4n) is 2.81. The van der Waals surface area contributed by atoms with Crippen LogP contribution in [0.3, 0.4) is 0 Å². The summed E-state index contributed by atoms with van der Waals surface area (Å²) < 4.78 is 0. The molecule has 0 saturated heterocycles. The van der Waals surface area contributed by atoms with E-state index in [4.69, 9.17) is 0 Å². The molecule has 120 valence electrons. The molecule has 1 N–H and O–H groups in total. The van der Waals surface area contributed by atoms with Crippen LogP contribution in [0.15, 0.2) is 24.3 Å². The molecule has 0 saturated carbocycles. The highest BCUT2D eigenvalue weighted by molar-refractivity contribution is 5.24. The van der Waals surface area contributed by atoms with Crippen LogP contribution in [0.1, 0.15) is 71.1 Å². The van der Waals surface area contributed by atoms with Crippen molar-refractivity contribution in [3.63, 3.8) is 0 Å². The van der Waals surface area contributed by atoms with Gasteiger partial charge in [0, 0.05) is 18.6 Å². The predicted octanol–water partition coefficient (Wildman–Crippen LogP) is 4.57. The average Bonchev–Trinajstić information content (AvgIpc) is 2.44. The molecule has 1 unspecified atom stereocenters. The Balaban J connectivity index is 2.59. The molecule has 1 aromatic rings. The number of aliphatic hydroxyl groups is 1. The molecule has 0 amide bonds. The minimum Gasteiger partial charge on any atom is -0.387 e. The molecule has 0 bridgehead atoms. The molecule has 1 atom stereocenters. The van der Waals surface area contributed by atoms with Crippen molar-refractivity contribution in [3.05, 3.63) is 35.4 Å². The monoisotopic (exact) mass is 291 g/mol. The Morgan fingerprint density at radius 2 is 1.52 bits per heavy atom.